The molecule has 0 atom stereocenters. The molecule has 0 fully saturated rings. The Morgan fingerprint density at radius 1 is 1.35 bits per heavy atom. The van der Waals surface area contributed by atoms with Crippen LogP contribution in [-0.2, 0) is 6.54 Å². The van der Waals surface area contributed by atoms with Crippen LogP contribution in [0.1, 0.15) is 41.6 Å². The Morgan fingerprint density at radius 3 is 2.77 bits per heavy atom. The highest BCUT2D eigenvalue weighted by molar-refractivity contribution is 6.06. The van der Waals surface area contributed by atoms with Gasteiger partial charge in [-0.1, -0.05) is 19.0 Å². The van der Waals surface area contributed by atoms with E-state index in [2.05, 4.69) is 15.5 Å². The number of benzene rings is 1. The third-order valence-corrected chi connectivity index (χ3v) is 3.87. The van der Waals surface area contributed by atoms with Gasteiger partial charge in [-0.25, -0.2) is 0 Å². The summed E-state index contributed by atoms with van der Waals surface area (Å²) in [5.74, 6) is 0.131. The quantitative estimate of drug-likeness (QED) is 0.533. The Kier molecular flexibility index (Phi) is 4.53. The van der Waals surface area contributed by atoms with Crippen molar-refractivity contribution in [3.63, 3.8) is 0 Å². The average molecular weight is 356 g/mol. The van der Waals surface area contributed by atoms with Gasteiger partial charge in [0.15, 0.2) is 5.76 Å². The van der Waals surface area contributed by atoms with Gasteiger partial charge in [-0.05, 0) is 12.0 Å². The monoisotopic (exact) mass is 356 g/mol. The van der Waals surface area contributed by atoms with Gasteiger partial charge in [0.25, 0.3) is 11.6 Å². The molecule has 0 saturated heterocycles. The van der Waals surface area contributed by atoms with Crippen LogP contribution in [0.4, 0.5) is 5.69 Å². The number of hydrogen-bond donors (Lipinski definition) is 2. The molecule has 1 amide bonds. The number of rotatable bonds is 5. The van der Waals surface area contributed by atoms with Crippen molar-refractivity contribution in [3.8, 4) is 0 Å². The number of fused-ring (bicyclic) bond motifs is 1. The summed E-state index contributed by atoms with van der Waals surface area (Å²) in [7, 11) is 0. The minimum atomic E-state index is -0.561. The first-order valence-corrected chi connectivity index (χ1v) is 7.90. The summed E-state index contributed by atoms with van der Waals surface area (Å²) < 4.78 is 5.15. The molecule has 0 spiro atoms. The number of pyridine rings is 1. The summed E-state index contributed by atoms with van der Waals surface area (Å²) in [6, 6.07) is 6.78. The molecule has 2 N–H and O–H groups in total. The Balaban J connectivity index is 1.90. The number of aromatic amines is 1. The number of nitrogens with zero attached hydrogens (tertiary/aromatic N) is 2. The first-order chi connectivity index (χ1) is 12.3. The van der Waals surface area contributed by atoms with Gasteiger partial charge < -0.3 is 14.8 Å². The summed E-state index contributed by atoms with van der Waals surface area (Å²) in [5, 5.41) is 17.8. The van der Waals surface area contributed by atoms with Gasteiger partial charge in [0.05, 0.1) is 22.7 Å². The number of hydrogen-bond acceptors (Lipinski definition) is 6. The van der Waals surface area contributed by atoms with Crippen LogP contribution in [0.5, 0.6) is 0 Å². The molecule has 9 heteroatoms. The van der Waals surface area contributed by atoms with Crippen LogP contribution in [0.25, 0.3) is 10.9 Å². The van der Waals surface area contributed by atoms with Crippen molar-refractivity contribution in [1.82, 2.24) is 15.5 Å². The maximum atomic E-state index is 12.5. The van der Waals surface area contributed by atoms with Crippen LogP contribution in [0.3, 0.4) is 0 Å². The fourth-order valence-electron chi connectivity index (χ4n) is 2.49. The van der Waals surface area contributed by atoms with Gasteiger partial charge in [-0.2, -0.15) is 0 Å². The van der Waals surface area contributed by atoms with Crippen molar-refractivity contribution >= 4 is 22.5 Å². The summed E-state index contributed by atoms with van der Waals surface area (Å²) in [6.45, 7) is 4.02. The standard InChI is InChI=1S/C17H16N4O5/c1-9(2)15-6-11(26-20-15)8-18-17(23)13-7-16(22)19-14-4-3-10(21(24)25)5-12(13)14/h3-7,9H,8H2,1-2H3,(H,18,23)(H,19,22). The van der Waals surface area contributed by atoms with E-state index in [4.69, 9.17) is 4.52 Å². The van der Waals surface area contributed by atoms with Gasteiger partial charge in [0.2, 0.25) is 5.56 Å². The van der Waals surface area contributed by atoms with E-state index in [1.54, 1.807) is 6.07 Å². The molecule has 9 nitrogen and oxygen atoms in total. The largest absolute Gasteiger partial charge is 0.359 e. The highest BCUT2D eigenvalue weighted by Gasteiger charge is 2.16. The molecule has 2 aromatic heterocycles. The molecule has 0 saturated carbocycles. The van der Waals surface area contributed by atoms with E-state index < -0.39 is 16.4 Å². The number of nitrogens with one attached hydrogen (secondary N) is 2. The molecule has 3 rings (SSSR count). The van der Waals surface area contributed by atoms with E-state index in [1.165, 1.54) is 18.2 Å². The average Bonchev–Trinajstić information content (AvgIpc) is 3.07. The first-order valence-electron chi connectivity index (χ1n) is 7.90. The molecule has 0 aliphatic rings. The van der Waals surface area contributed by atoms with E-state index >= 15 is 0 Å². The van der Waals surface area contributed by atoms with E-state index in [0.717, 1.165) is 11.8 Å². The van der Waals surface area contributed by atoms with Crippen molar-refractivity contribution in [3.05, 3.63) is 67.8 Å². The lowest BCUT2D eigenvalue weighted by atomic mass is 10.1. The molecular weight excluding hydrogens is 340 g/mol. The second-order valence-corrected chi connectivity index (χ2v) is 6.09. The molecule has 1 aromatic carbocycles. The number of carbonyl (C=O) groups is 1. The van der Waals surface area contributed by atoms with Crippen molar-refractivity contribution < 1.29 is 14.2 Å². The summed E-state index contributed by atoms with van der Waals surface area (Å²) in [4.78, 5) is 37.3. The van der Waals surface area contributed by atoms with Gasteiger partial charge in [-0.3, -0.25) is 19.7 Å². The zero-order valence-electron chi connectivity index (χ0n) is 14.1. The number of non-ortho nitro benzene ring substituents is 1. The smallest absolute Gasteiger partial charge is 0.270 e. The molecule has 2 heterocycles. The first kappa shape index (κ1) is 17.3. The molecular formula is C17H16N4O5. The fraction of sp³-hybridized carbons (Fsp3) is 0.235. The van der Waals surface area contributed by atoms with E-state index in [9.17, 15) is 19.7 Å². The van der Waals surface area contributed by atoms with Crippen molar-refractivity contribution in [2.24, 2.45) is 0 Å². The minimum absolute atomic E-state index is 0.0519. The zero-order valence-corrected chi connectivity index (χ0v) is 14.1. The lowest BCUT2D eigenvalue weighted by Crippen LogP contribution is -2.24. The number of H-pyrrole nitrogens is 1. The van der Waals surface area contributed by atoms with E-state index in [1.807, 2.05) is 13.8 Å². The van der Waals surface area contributed by atoms with Crippen LogP contribution in [0.2, 0.25) is 0 Å². The van der Waals surface area contributed by atoms with Gasteiger partial charge in [-0.15, -0.1) is 0 Å². The van der Waals surface area contributed by atoms with Gasteiger partial charge >= 0.3 is 0 Å². The molecule has 0 aliphatic heterocycles. The number of amides is 1. The number of aromatic nitrogens is 2. The molecule has 0 aliphatic carbocycles. The predicted molar refractivity (Wildman–Crippen MR) is 93.0 cm³/mol. The highest BCUT2D eigenvalue weighted by atomic mass is 16.6. The van der Waals surface area contributed by atoms with Crippen molar-refractivity contribution in [2.45, 2.75) is 26.3 Å². The topological polar surface area (TPSA) is 131 Å². The maximum absolute atomic E-state index is 12.5. The molecule has 0 radical (unpaired) electrons. The fourth-order valence-corrected chi connectivity index (χ4v) is 2.49. The Labute approximate surface area is 147 Å². The lowest BCUT2D eigenvalue weighted by molar-refractivity contribution is -0.384. The molecule has 0 unspecified atom stereocenters. The molecule has 26 heavy (non-hydrogen) atoms. The Hall–Kier alpha value is -3.49. The summed E-state index contributed by atoms with van der Waals surface area (Å²) >= 11 is 0. The number of carbonyl (C=O) groups excluding carboxylic acids is 1. The van der Waals surface area contributed by atoms with Crippen LogP contribution in [0.15, 0.2) is 39.6 Å². The SMILES string of the molecule is CC(C)c1cc(CNC(=O)c2cc(=O)[nH]c3ccc([N+](=O)[O-])cc23)on1. The molecule has 134 valence electrons. The van der Waals surface area contributed by atoms with Crippen molar-refractivity contribution in [1.29, 1.82) is 0 Å². The number of nitro benzene ring substituents is 1. The van der Waals surface area contributed by atoms with Crippen LogP contribution in [0, 0.1) is 10.1 Å². The Morgan fingerprint density at radius 2 is 2.12 bits per heavy atom. The molecule has 3 aromatic rings. The predicted octanol–water partition coefficient (Wildman–Crippen LogP) is 2.48. The second kappa shape index (κ2) is 6.79. The highest BCUT2D eigenvalue weighted by Crippen LogP contribution is 2.22. The van der Waals surface area contributed by atoms with Crippen LogP contribution >= 0.6 is 0 Å². The normalized spacial score (nSPS) is 11.0. The minimum Gasteiger partial charge on any atom is -0.359 e. The molecule has 0 bridgehead atoms. The van der Waals surface area contributed by atoms with E-state index in [-0.39, 0.29) is 29.1 Å². The number of nitro groups is 1. The van der Waals surface area contributed by atoms with Crippen LogP contribution < -0.4 is 10.9 Å². The second-order valence-electron chi connectivity index (χ2n) is 6.09. The van der Waals surface area contributed by atoms with Crippen LogP contribution in [-0.4, -0.2) is 21.0 Å². The summed E-state index contributed by atoms with van der Waals surface area (Å²) in [6.07, 6.45) is 0. The third kappa shape index (κ3) is 3.46. The van der Waals surface area contributed by atoms with Gasteiger partial charge in [0.1, 0.15) is 0 Å². The third-order valence-electron chi connectivity index (χ3n) is 3.87. The Bertz CT molecular complexity index is 1050. The summed E-state index contributed by atoms with van der Waals surface area (Å²) in [5.41, 5.74) is 0.520. The van der Waals surface area contributed by atoms with Crippen molar-refractivity contribution in [2.75, 3.05) is 0 Å². The van der Waals surface area contributed by atoms with E-state index in [0.29, 0.717) is 11.3 Å². The lowest BCUT2D eigenvalue weighted by Gasteiger charge is -2.06. The maximum Gasteiger partial charge on any atom is 0.270 e. The zero-order chi connectivity index (χ0) is 18.8. The van der Waals surface area contributed by atoms with Gasteiger partial charge in [0, 0.05) is 35.2 Å².